The first kappa shape index (κ1) is 13.1. The minimum Gasteiger partial charge on any atom is -0.489 e. The number of hydrogen-bond acceptors (Lipinski definition) is 2. The van der Waals surface area contributed by atoms with Crippen LogP contribution in [-0.4, -0.2) is 0 Å². The van der Waals surface area contributed by atoms with Gasteiger partial charge >= 0.3 is 0 Å². The first-order valence-electron chi connectivity index (χ1n) is 5.86. The molecule has 2 nitrogen and oxygen atoms in total. The van der Waals surface area contributed by atoms with E-state index in [1.54, 1.807) is 0 Å². The van der Waals surface area contributed by atoms with Crippen LogP contribution < -0.4 is 10.5 Å². The van der Waals surface area contributed by atoms with Gasteiger partial charge in [0.1, 0.15) is 12.4 Å². The molecule has 0 aliphatic carbocycles. The van der Waals surface area contributed by atoms with Gasteiger partial charge in [-0.2, -0.15) is 0 Å². The van der Waals surface area contributed by atoms with Crippen LogP contribution in [0.2, 0.25) is 0 Å². The van der Waals surface area contributed by atoms with Gasteiger partial charge in [0.05, 0.1) is 0 Å². The van der Waals surface area contributed by atoms with Crippen molar-refractivity contribution in [2.75, 3.05) is 0 Å². The molecule has 0 fully saturated rings. The van der Waals surface area contributed by atoms with Crippen molar-refractivity contribution in [2.45, 2.75) is 20.1 Å². The molecule has 0 aliphatic rings. The molecular formula is C15H16BrNO. The summed E-state index contributed by atoms with van der Waals surface area (Å²) in [5, 5.41) is 0. The average molecular weight is 306 g/mol. The van der Waals surface area contributed by atoms with Gasteiger partial charge in [-0.25, -0.2) is 0 Å². The molecule has 2 aromatic rings. The zero-order chi connectivity index (χ0) is 13.0. The lowest BCUT2D eigenvalue weighted by molar-refractivity contribution is 0.305. The third-order valence-corrected chi connectivity index (χ3v) is 3.66. The van der Waals surface area contributed by atoms with Crippen LogP contribution in [0.4, 0.5) is 0 Å². The Morgan fingerprint density at radius 1 is 1.11 bits per heavy atom. The molecule has 2 rings (SSSR count). The van der Waals surface area contributed by atoms with Gasteiger partial charge in [0, 0.05) is 16.6 Å². The quantitative estimate of drug-likeness (QED) is 0.932. The first-order chi connectivity index (χ1) is 8.70. The highest BCUT2D eigenvalue weighted by Crippen LogP contribution is 2.21. The molecule has 0 unspecified atom stereocenters. The summed E-state index contributed by atoms with van der Waals surface area (Å²) in [5.41, 5.74) is 9.10. The Morgan fingerprint density at radius 3 is 2.56 bits per heavy atom. The lowest BCUT2D eigenvalue weighted by Gasteiger charge is -2.10. The van der Waals surface area contributed by atoms with Gasteiger partial charge in [-0.1, -0.05) is 40.2 Å². The van der Waals surface area contributed by atoms with Crippen molar-refractivity contribution in [3.8, 4) is 5.75 Å². The van der Waals surface area contributed by atoms with Crippen molar-refractivity contribution in [1.82, 2.24) is 0 Å². The van der Waals surface area contributed by atoms with Gasteiger partial charge in [-0.3, -0.25) is 0 Å². The van der Waals surface area contributed by atoms with Crippen LogP contribution in [0.1, 0.15) is 16.7 Å². The molecule has 2 N–H and O–H groups in total. The summed E-state index contributed by atoms with van der Waals surface area (Å²) in [5.74, 6) is 0.875. The minimum atomic E-state index is 0.558. The maximum atomic E-state index is 5.78. The predicted molar refractivity (Wildman–Crippen MR) is 77.5 cm³/mol. The molecule has 0 aliphatic heterocycles. The SMILES string of the molecule is Cc1cc(OCc2ccccc2Br)ccc1CN. The summed E-state index contributed by atoms with van der Waals surface area (Å²) < 4.78 is 6.85. The van der Waals surface area contributed by atoms with Crippen molar-refractivity contribution in [1.29, 1.82) is 0 Å². The lowest BCUT2D eigenvalue weighted by atomic mass is 10.1. The van der Waals surface area contributed by atoms with E-state index >= 15 is 0 Å². The molecule has 18 heavy (non-hydrogen) atoms. The number of hydrogen-bond donors (Lipinski definition) is 1. The highest BCUT2D eigenvalue weighted by molar-refractivity contribution is 9.10. The molecule has 94 valence electrons. The third-order valence-electron chi connectivity index (χ3n) is 2.89. The maximum absolute atomic E-state index is 5.78. The molecule has 0 saturated heterocycles. The molecule has 0 saturated carbocycles. The molecule has 0 radical (unpaired) electrons. The van der Waals surface area contributed by atoms with Crippen LogP contribution in [0.15, 0.2) is 46.9 Å². The standard InChI is InChI=1S/C15H16BrNO/c1-11-8-14(7-6-12(11)9-17)18-10-13-4-2-3-5-15(13)16/h2-8H,9-10,17H2,1H3. The Hall–Kier alpha value is -1.32. The average Bonchev–Trinajstić information content (AvgIpc) is 2.38. The zero-order valence-corrected chi connectivity index (χ0v) is 11.9. The molecule has 0 amide bonds. The molecular weight excluding hydrogens is 290 g/mol. The van der Waals surface area contributed by atoms with Crippen molar-refractivity contribution in [2.24, 2.45) is 5.73 Å². The zero-order valence-electron chi connectivity index (χ0n) is 10.3. The number of benzene rings is 2. The highest BCUT2D eigenvalue weighted by atomic mass is 79.9. The summed E-state index contributed by atoms with van der Waals surface area (Å²) in [6, 6.07) is 14.1. The smallest absolute Gasteiger partial charge is 0.120 e. The highest BCUT2D eigenvalue weighted by Gasteiger charge is 2.02. The second-order valence-corrected chi connectivity index (χ2v) is 5.03. The summed E-state index contributed by atoms with van der Waals surface area (Å²) >= 11 is 3.51. The van der Waals surface area contributed by atoms with E-state index in [-0.39, 0.29) is 0 Å². The van der Waals surface area contributed by atoms with Crippen LogP contribution in [-0.2, 0) is 13.2 Å². The van der Waals surface area contributed by atoms with E-state index in [0.717, 1.165) is 21.3 Å². The molecule has 0 aromatic heterocycles. The molecule has 0 heterocycles. The number of rotatable bonds is 4. The van der Waals surface area contributed by atoms with Crippen molar-refractivity contribution >= 4 is 15.9 Å². The van der Waals surface area contributed by atoms with Crippen LogP contribution in [0.25, 0.3) is 0 Å². The summed E-state index contributed by atoms with van der Waals surface area (Å²) in [6.07, 6.45) is 0. The van der Waals surface area contributed by atoms with Gasteiger partial charge in [0.2, 0.25) is 0 Å². The van der Waals surface area contributed by atoms with E-state index in [4.69, 9.17) is 10.5 Å². The minimum absolute atomic E-state index is 0.558. The van der Waals surface area contributed by atoms with Gasteiger partial charge in [-0.15, -0.1) is 0 Å². The number of nitrogens with two attached hydrogens (primary N) is 1. The Labute approximate surface area is 116 Å². The predicted octanol–water partition coefficient (Wildman–Crippen LogP) is 3.80. The first-order valence-corrected chi connectivity index (χ1v) is 6.66. The fraction of sp³-hybridized carbons (Fsp3) is 0.200. The number of ether oxygens (including phenoxy) is 1. The van der Waals surface area contributed by atoms with E-state index in [1.165, 1.54) is 5.56 Å². The summed E-state index contributed by atoms with van der Waals surface area (Å²) in [7, 11) is 0. The van der Waals surface area contributed by atoms with Crippen LogP contribution in [0, 0.1) is 6.92 Å². The molecule has 2 aromatic carbocycles. The molecule has 0 bridgehead atoms. The monoisotopic (exact) mass is 305 g/mol. The second-order valence-electron chi connectivity index (χ2n) is 4.17. The summed E-state index contributed by atoms with van der Waals surface area (Å²) in [4.78, 5) is 0. The van der Waals surface area contributed by atoms with E-state index in [1.807, 2.05) is 49.4 Å². The Balaban J connectivity index is 2.07. The Morgan fingerprint density at radius 2 is 1.89 bits per heavy atom. The van der Waals surface area contributed by atoms with Crippen LogP contribution in [0.3, 0.4) is 0 Å². The van der Waals surface area contributed by atoms with Crippen LogP contribution in [0.5, 0.6) is 5.75 Å². The van der Waals surface area contributed by atoms with E-state index < -0.39 is 0 Å². The fourth-order valence-corrected chi connectivity index (χ4v) is 2.16. The number of halogens is 1. The van der Waals surface area contributed by atoms with Crippen molar-refractivity contribution < 1.29 is 4.74 Å². The fourth-order valence-electron chi connectivity index (χ4n) is 1.76. The molecule has 0 spiro atoms. The third kappa shape index (κ3) is 3.12. The normalized spacial score (nSPS) is 10.4. The van der Waals surface area contributed by atoms with Gasteiger partial charge in [0.15, 0.2) is 0 Å². The van der Waals surface area contributed by atoms with Crippen molar-refractivity contribution in [3.05, 3.63) is 63.6 Å². The second kappa shape index (κ2) is 6.03. The molecule has 3 heteroatoms. The van der Waals surface area contributed by atoms with Gasteiger partial charge < -0.3 is 10.5 Å². The van der Waals surface area contributed by atoms with E-state index in [2.05, 4.69) is 15.9 Å². The number of aryl methyl sites for hydroxylation is 1. The Bertz CT molecular complexity index is 540. The molecule has 0 atom stereocenters. The largest absolute Gasteiger partial charge is 0.489 e. The van der Waals surface area contributed by atoms with Gasteiger partial charge in [0.25, 0.3) is 0 Å². The van der Waals surface area contributed by atoms with Crippen LogP contribution >= 0.6 is 15.9 Å². The summed E-state index contributed by atoms with van der Waals surface area (Å²) in [6.45, 7) is 3.17. The Kier molecular flexibility index (Phi) is 4.39. The lowest BCUT2D eigenvalue weighted by Crippen LogP contribution is -2.00. The van der Waals surface area contributed by atoms with Crippen molar-refractivity contribution in [3.63, 3.8) is 0 Å². The van der Waals surface area contributed by atoms with E-state index in [9.17, 15) is 0 Å². The topological polar surface area (TPSA) is 35.2 Å². The van der Waals surface area contributed by atoms with E-state index in [0.29, 0.717) is 13.2 Å². The van der Waals surface area contributed by atoms with Gasteiger partial charge in [-0.05, 0) is 36.2 Å². The maximum Gasteiger partial charge on any atom is 0.120 e.